The number of nitrogens with one attached hydrogen (secondary N) is 2. The van der Waals surface area contributed by atoms with E-state index in [1.165, 1.54) is 6.33 Å². The minimum absolute atomic E-state index is 0.0307. The molecule has 0 fully saturated rings. The molecule has 170 valence electrons. The lowest BCUT2D eigenvalue weighted by atomic mass is 10.1. The van der Waals surface area contributed by atoms with E-state index in [1.54, 1.807) is 14.2 Å². The molecule has 3 rings (SSSR count). The first-order valence-electron chi connectivity index (χ1n) is 9.42. The Morgan fingerprint density at radius 3 is 2.41 bits per heavy atom. The van der Waals surface area contributed by atoms with E-state index >= 15 is 0 Å². The summed E-state index contributed by atoms with van der Waals surface area (Å²) >= 11 is 6.04. The van der Waals surface area contributed by atoms with Crippen LogP contribution in [0.25, 0.3) is 0 Å². The molecule has 3 aromatic rings. The second-order valence-electron chi connectivity index (χ2n) is 6.67. The average Bonchev–Trinajstić information content (AvgIpc) is 2.76. The van der Waals surface area contributed by atoms with Crippen molar-refractivity contribution in [1.29, 1.82) is 0 Å². The van der Waals surface area contributed by atoms with Crippen LogP contribution in [0.4, 0.5) is 36.2 Å². The smallest absolute Gasteiger partial charge is 0.416 e. The molecule has 0 aliphatic carbocycles. The van der Waals surface area contributed by atoms with Gasteiger partial charge < -0.3 is 25.8 Å². The molecule has 0 bridgehead atoms. The molecule has 0 unspecified atom stereocenters. The van der Waals surface area contributed by atoms with E-state index in [9.17, 15) is 13.2 Å². The zero-order valence-electron chi connectivity index (χ0n) is 17.3. The third-order valence-electron chi connectivity index (χ3n) is 4.58. The number of hydrogen-bond donors (Lipinski definition) is 3. The van der Waals surface area contributed by atoms with Crippen molar-refractivity contribution < 1.29 is 22.6 Å². The van der Waals surface area contributed by atoms with Crippen molar-refractivity contribution in [3.05, 3.63) is 58.9 Å². The van der Waals surface area contributed by atoms with Gasteiger partial charge in [-0.1, -0.05) is 17.7 Å². The van der Waals surface area contributed by atoms with Crippen molar-refractivity contribution >= 4 is 34.6 Å². The van der Waals surface area contributed by atoms with Gasteiger partial charge in [0.25, 0.3) is 0 Å². The molecule has 0 saturated carbocycles. The molecule has 32 heavy (non-hydrogen) atoms. The van der Waals surface area contributed by atoms with Gasteiger partial charge in [0, 0.05) is 6.54 Å². The maximum absolute atomic E-state index is 13.0. The SMILES string of the molecule is COc1ccc(CCNc2ncnc(Nc3cc(C(F)(F)F)ccc3Cl)c2N)cc1OC. The number of halogens is 4. The lowest BCUT2D eigenvalue weighted by Crippen LogP contribution is -2.11. The third kappa shape index (κ3) is 5.44. The first kappa shape index (κ1) is 23.3. The summed E-state index contributed by atoms with van der Waals surface area (Å²) in [5.74, 6) is 1.73. The molecule has 0 spiro atoms. The molecule has 0 amide bonds. The highest BCUT2D eigenvalue weighted by Crippen LogP contribution is 2.36. The largest absolute Gasteiger partial charge is 0.493 e. The van der Waals surface area contributed by atoms with Crippen LogP contribution in [0, 0.1) is 0 Å². The van der Waals surface area contributed by atoms with Gasteiger partial charge in [0.2, 0.25) is 0 Å². The number of alkyl halides is 3. The maximum atomic E-state index is 13.0. The molecule has 2 aromatic carbocycles. The summed E-state index contributed by atoms with van der Waals surface area (Å²) in [5.41, 5.74) is 6.45. The Bertz CT molecular complexity index is 1100. The Labute approximate surface area is 187 Å². The normalized spacial score (nSPS) is 11.2. The Morgan fingerprint density at radius 1 is 1.00 bits per heavy atom. The number of anilines is 4. The summed E-state index contributed by atoms with van der Waals surface area (Å²) in [6.07, 6.45) is -2.62. The van der Waals surface area contributed by atoms with Crippen molar-refractivity contribution in [1.82, 2.24) is 9.97 Å². The van der Waals surface area contributed by atoms with Crippen molar-refractivity contribution in [3.8, 4) is 11.5 Å². The Morgan fingerprint density at radius 2 is 1.72 bits per heavy atom. The zero-order chi connectivity index (χ0) is 23.3. The molecule has 0 radical (unpaired) electrons. The molecular weight excluding hydrogens is 447 g/mol. The fourth-order valence-electron chi connectivity index (χ4n) is 2.92. The predicted molar refractivity (Wildman–Crippen MR) is 118 cm³/mol. The van der Waals surface area contributed by atoms with Gasteiger partial charge in [-0.05, 0) is 42.3 Å². The van der Waals surface area contributed by atoms with Gasteiger partial charge in [-0.2, -0.15) is 13.2 Å². The highest BCUT2D eigenvalue weighted by atomic mass is 35.5. The summed E-state index contributed by atoms with van der Waals surface area (Å²) < 4.78 is 49.5. The van der Waals surface area contributed by atoms with Crippen LogP contribution in [-0.2, 0) is 12.6 Å². The highest BCUT2D eigenvalue weighted by molar-refractivity contribution is 6.33. The van der Waals surface area contributed by atoms with Crippen molar-refractivity contribution in [3.63, 3.8) is 0 Å². The highest BCUT2D eigenvalue weighted by Gasteiger charge is 2.31. The first-order valence-corrected chi connectivity index (χ1v) is 9.79. The van der Waals surface area contributed by atoms with E-state index in [1.807, 2.05) is 18.2 Å². The van der Waals surface area contributed by atoms with Crippen LogP contribution >= 0.6 is 11.6 Å². The monoisotopic (exact) mass is 467 g/mol. The lowest BCUT2D eigenvalue weighted by Gasteiger charge is -2.15. The van der Waals surface area contributed by atoms with Crippen LogP contribution in [0.3, 0.4) is 0 Å². The lowest BCUT2D eigenvalue weighted by molar-refractivity contribution is -0.137. The molecule has 0 aliphatic rings. The average molecular weight is 468 g/mol. The van der Waals surface area contributed by atoms with Crippen LogP contribution in [0.2, 0.25) is 5.02 Å². The topological polar surface area (TPSA) is 94.3 Å². The van der Waals surface area contributed by atoms with E-state index in [0.717, 1.165) is 23.8 Å². The number of ether oxygens (including phenoxy) is 2. The number of nitrogens with zero attached hydrogens (tertiary/aromatic N) is 2. The molecule has 0 aliphatic heterocycles. The summed E-state index contributed by atoms with van der Waals surface area (Å²) in [5, 5.41) is 5.95. The van der Waals surface area contributed by atoms with Crippen LogP contribution in [0.15, 0.2) is 42.7 Å². The number of hydrogen-bond acceptors (Lipinski definition) is 7. The number of aromatic nitrogens is 2. The molecule has 1 heterocycles. The summed E-state index contributed by atoms with van der Waals surface area (Å²) in [4.78, 5) is 8.12. The first-order chi connectivity index (χ1) is 15.2. The van der Waals surface area contributed by atoms with Crippen molar-refractivity contribution in [2.45, 2.75) is 12.6 Å². The second-order valence-corrected chi connectivity index (χ2v) is 7.08. The summed E-state index contributed by atoms with van der Waals surface area (Å²) in [6, 6.07) is 8.55. The van der Waals surface area contributed by atoms with E-state index in [2.05, 4.69) is 20.6 Å². The van der Waals surface area contributed by atoms with Gasteiger partial charge in [0.1, 0.15) is 12.0 Å². The molecular formula is C21H21ClF3N5O2. The Kier molecular flexibility index (Phi) is 7.14. The fraction of sp³-hybridized carbons (Fsp3) is 0.238. The Balaban J connectivity index is 1.71. The fourth-order valence-corrected chi connectivity index (χ4v) is 3.09. The van der Waals surface area contributed by atoms with Gasteiger partial charge in [0.05, 0.1) is 30.5 Å². The van der Waals surface area contributed by atoms with E-state index in [0.29, 0.717) is 30.3 Å². The van der Waals surface area contributed by atoms with Crippen LogP contribution < -0.4 is 25.8 Å². The van der Waals surface area contributed by atoms with E-state index in [4.69, 9.17) is 26.8 Å². The van der Waals surface area contributed by atoms with Gasteiger partial charge in [0.15, 0.2) is 23.1 Å². The molecule has 11 heteroatoms. The Hall–Kier alpha value is -3.40. The van der Waals surface area contributed by atoms with E-state index < -0.39 is 11.7 Å². The van der Waals surface area contributed by atoms with E-state index in [-0.39, 0.29) is 22.2 Å². The number of rotatable bonds is 8. The minimum atomic E-state index is -4.50. The van der Waals surface area contributed by atoms with Crippen molar-refractivity contribution in [2.75, 3.05) is 37.1 Å². The predicted octanol–water partition coefficient (Wildman–Crippen LogP) is 5.15. The maximum Gasteiger partial charge on any atom is 0.416 e. The quantitative estimate of drug-likeness (QED) is 0.422. The second kappa shape index (κ2) is 9.82. The van der Waals surface area contributed by atoms with Crippen LogP contribution in [0.1, 0.15) is 11.1 Å². The standard InChI is InChI=1S/C21H21ClF3N5O2/c1-31-16-6-3-12(9-17(16)32-2)7-8-27-19-18(26)20(29-11-28-19)30-15-10-13(21(23,24)25)4-5-14(15)22/h3-6,9-11H,7-8,26H2,1-2H3,(H2,27,28,29,30). The molecule has 0 atom stereocenters. The third-order valence-corrected chi connectivity index (χ3v) is 4.91. The van der Waals surface area contributed by atoms with Crippen molar-refractivity contribution in [2.24, 2.45) is 0 Å². The number of benzene rings is 2. The van der Waals surface area contributed by atoms with Gasteiger partial charge in [-0.15, -0.1) is 0 Å². The van der Waals surface area contributed by atoms with Gasteiger partial charge >= 0.3 is 6.18 Å². The zero-order valence-corrected chi connectivity index (χ0v) is 18.0. The van der Waals surface area contributed by atoms with Crippen LogP contribution in [-0.4, -0.2) is 30.7 Å². The van der Waals surface area contributed by atoms with Gasteiger partial charge in [-0.3, -0.25) is 0 Å². The number of methoxy groups -OCH3 is 2. The molecule has 4 N–H and O–H groups in total. The molecule has 7 nitrogen and oxygen atoms in total. The van der Waals surface area contributed by atoms with Crippen LogP contribution in [0.5, 0.6) is 11.5 Å². The summed E-state index contributed by atoms with van der Waals surface area (Å²) in [7, 11) is 3.13. The number of nitrogens with two attached hydrogens (primary N) is 1. The summed E-state index contributed by atoms with van der Waals surface area (Å²) in [6.45, 7) is 0.487. The molecule has 0 saturated heterocycles. The minimum Gasteiger partial charge on any atom is -0.493 e. The molecule has 1 aromatic heterocycles. The number of nitrogen functional groups attached to an aromatic ring is 1. The van der Waals surface area contributed by atoms with Gasteiger partial charge in [-0.25, -0.2) is 9.97 Å².